The van der Waals surface area contributed by atoms with Crippen LogP contribution < -0.4 is 0 Å². The summed E-state index contributed by atoms with van der Waals surface area (Å²) < 4.78 is 0. The Morgan fingerprint density at radius 1 is 1.14 bits per heavy atom. The monoisotopic (exact) mass is 372 g/mol. The Kier molecular flexibility index (Phi) is 4.41. The van der Waals surface area contributed by atoms with E-state index in [2.05, 4.69) is 49.1 Å². The zero-order valence-corrected chi connectivity index (χ0v) is 16.0. The molecule has 1 aliphatic heterocycles. The highest BCUT2D eigenvalue weighted by Crippen LogP contribution is 2.31. The molecule has 0 spiro atoms. The molecule has 142 valence electrons. The molecule has 1 saturated heterocycles. The molecule has 4 heterocycles. The predicted molar refractivity (Wildman–Crippen MR) is 110 cm³/mol. The Hall–Kier alpha value is -2.99. The standard InChI is InChI=1S/C22H24N6/c1-15-12-26-22(27-15)21-20(24-9-10-25-21)17-5-3-11-28(14-17)13-16-4-2-6-19-18(16)7-8-23-19/h2,4,6-10,12,17,23H,3,5,11,13-14H2,1H3,(H,26,27)/t17-/m0/s1. The van der Waals surface area contributed by atoms with Gasteiger partial charge in [-0.15, -0.1) is 0 Å². The van der Waals surface area contributed by atoms with Gasteiger partial charge in [-0.1, -0.05) is 12.1 Å². The van der Waals surface area contributed by atoms with Gasteiger partial charge in [-0.05, 0) is 44.0 Å². The van der Waals surface area contributed by atoms with Gasteiger partial charge in [-0.25, -0.2) is 9.97 Å². The van der Waals surface area contributed by atoms with Crippen molar-refractivity contribution in [3.05, 3.63) is 66.0 Å². The van der Waals surface area contributed by atoms with Crippen molar-refractivity contribution in [1.82, 2.24) is 29.8 Å². The number of rotatable bonds is 4. The molecule has 0 unspecified atom stereocenters. The molecule has 6 nitrogen and oxygen atoms in total. The van der Waals surface area contributed by atoms with E-state index in [1.54, 1.807) is 12.4 Å². The van der Waals surface area contributed by atoms with Gasteiger partial charge in [0.15, 0.2) is 5.82 Å². The molecular formula is C22H24N6. The minimum Gasteiger partial charge on any atom is -0.361 e. The average molecular weight is 372 g/mol. The molecule has 6 heteroatoms. The topological polar surface area (TPSA) is 73.5 Å². The number of aromatic nitrogens is 5. The Morgan fingerprint density at radius 3 is 2.96 bits per heavy atom. The first kappa shape index (κ1) is 17.1. The number of H-pyrrole nitrogens is 2. The molecule has 1 aliphatic rings. The number of imidazole rings is 1. The van der Waals surface area contributed by atoms with Crippen LogP contribution in [0.15, 0.2) is 49.1 Å². The van der Waals surface area contributed by atoms with Crippen LogP contribution in [0.1, 0.15) is 35.7 Å². The van der Waals surface area contributed by atoms with Crippen LogP contribution in [0.3, 0.4) is 0 Å². The summed E-state index contributed by atoms with van der Waals surface area (Å²) in [4.78, 5) is 23.0. The van der Waals surface area contributed by atoms with Crippen LogP contribution in [0.25, 0.3) is 22.4 Å². The minimum atomic E-state index is 0.369. The van der Waals surface area contributed by atoms with Crippen LogP contribution in [0, 0.1) is 6.92 Å². The van der Waals surface area contributed by atoms with Gasteiger partial charge in [-0.3, -0.25) is 9.88 Å². The van der Waals surface area contributed by atoms with E-state index in [1.807, 2.05) is 19.3 Å². The smallest absolute Gasteiger partial charge is 0.158 e. The fourth-order valence-corrected chi connectivity index (χ4v) is 4.31. The van der Waals surface area contributed by atoms with Crippen LogP contribution in [-0.2, 0) is 6.54 Å². The number of nitrogens with one attached hydrogen (secondary N) is 2. The number of benzene rings is 1. The number of likely N-dealkylation sites (tertiary alicyclic amines) is 1. The molecule has 28 heavy (non-hydrogen) atoms. The second-order valence-corrected chi connectivity index (χ2v) is 7.64. The summed E-state index contributed by atoms with van der Waals surface area (Å²) in [5.74, 6) is 1.18. The quantitative estimate of drug-likeness (QED) is 0.567. The molecule has 3 aromatic heterocycles. The van der Waals surface area contributed by atoms with Crippen LogP contribution in [0.2, 0.25) is 0 Å². The molecule has 0 bridgehead atoms. The second-order valence-electron chi connectivity index (χ2n) is 7.64. The number of nitrogens with zero attached hydrogens (tertiary/aromatic N) is 4. The van der Waals surface area contributed by atoms with Gasteiger partial charge in [0.2, 0.25) is 0 Å². The first-order valence-corrected chi connectivity index (χ1v) is 9.88. The maximum absolute atomic E-state index is 4.72. The van der Waals surface area contributed by atoms with E-state index in [-0.39, 0.29) is 0 Å². The van der Waals surface area contributed by atoms with Gasteiger partial charge in [-0.2, -0.15) is 0 Å². The molecule has 4 aromatic rings. The van der Waals surface area contributed by atoms with Crippen molar-refractivity contribution in [2.75, 3.05) is 13.1 Å². The molecule has 1 atom stereocenters. The molecule has 2 N–H and O–H groups in total. The van der Waals surface area contributed by atoms with Crippen molar-refractivity contribution in [3.8, 4) is 11.5 Å². The number of hydrogen-bond acceptors (Lipinski definition) is 4. The fourth-order valence-electron chi connectivity index (χ4n) is 4.31. The van der Waals surface area contributed by atoms with E-state index in [1.165, 1.54) is 22.9 Å². The molecule has 0 aliphatic carbocycles. The summed E-state index contributed by atoms with van der Waals surface area (Å²) >= 11 is 0. The summed E-state index contributed by atoms with van der Waals surface area (Å²) in [7, 11) is 0. The van der Waals surface area contributed by atoms with E-state index < -0.39 is 0 Å². The number of aromatic amines is 2. The lowest BCUT2D eigenvalue weighted by molar-refractivity contribution is 0.199. The van der Waals surface area contributed by atoms with E-state index in [0.29, 0.717) is 5.92 Å². The summed E-state index contributed by atoms with van der Waals surface area (Å²) in [5.41, 5.74) is 5.56. The number of piperidine rings is 1. The van der Waals surface area contributed by atoms with Crippen molar-refractivity contribution < 1.29 is 0 Å². The number of hydrogen-bond donors (Lipinski definition) is 2. The first-order chi connectivity index (χ1) is 13.8. The maximum atomic E-state index is 4.72. The maximum Gasteiger partial charge on any atom is 0.158 e. The number of aryl methyl sites for hydroxylation is 1. The first-order valence-electron chi connectivity index (χ1n) is 9.88. The molecule has 0 amide bonds. The summed E-state index contributed by atoms with van der Waals surface area (Å²) in [6.45, 7) is 5.08. The minimum absolute atomic E-state index is 0.369. The molecule has 1 fully saturated rings. The Morgan fingerprint density at radius 2 is 2.07 bits per heavy atom. The van der Waals surface area contributed by atoms with Crippen LogP contribution in [0.4, 0.5) is 0 Å². The lowest BCUT2D eigenvalue weighted by Crippen LogP contribution is -2.34. The predicted octanol–water partition coefficient (Wildman–Crippen LogP) is 4.04. The third-order valence-corrected chi connectivity index (χ3v) is 5.63. The Balaban J connectivity index is 1.40. The normalized spacial score (nSPS) is 18.0. The average Bonchev–Trinajstić information content (AvgIpc) is 3.38. The SMILES string of the molecule is Cc1cnc(-c2nccnc2[C@H]2CCCN(Cc3cccc4[nH]ccc34)C2)[nH]1. The highest BCUT2D eigenvalue weighted by Gasteiger charge is 2.26. The Bertz CT molecular complexity index is 1100. The molecule has 1 aromatic carbocycles. The van der Waals surface area contributed by atoms with E-state index in [9.17, 15) is 0 Å². The zero-order chi connectivity index (χ0) is 18.9. The highest BCUT2D eigenvalue weighted by atomic mass is 15.1. The van der Waals surface area contributed by atoms with Crippen molar-refractivity contribution in [2.24, 2.45) is 0 Å². The third-order valence-electron chi connectivity index (χ3n) is 5.63. The van der Waals surface area contributed by atoms with Gasteiger partial charge in [0.05, 0.1) is 5.69 Å². The molecular weight excluding hydrogens is 348 g/mol. The molecule has 5 rings (SSSR count). The van der Waals surface area contributed by atoms with Crippen molar-refractivity contribution in [2.45, 2.75) is 32.2 Å². The van der Waals surface area contributed by atoms with Crippen molar-refractivity contribution in [1.29, 1.82) is 0 Å². The van der Waals surface area contributed by atoms with E-state index in [0.717, 1.165) is 49.0 Å². The van der Waals surface area contributed by atoms with Gasteiger partial charge in [0.1, 0.15) is 5.69 Å². The Labute approximate surface area is 164 Å². The van der Waals surface area contributed by atoms with Crippen molar-refractivity contribution in [3.63, 3.8) is 0 Å². The van der Waals surface area contributed by atoms with Gasteiger partial charge >= 0.3 is 0 Å². The second kappa shape index (κ2) is 7.20. The van der Waals surface area contributed by atoms with Crippen molar-refractivity contribution >= 4 is 10.9 Å². The lowest BCUT2D eigenvalue weighted by atomic mass is 9.92. The lowest BCUT2D eigenvalue weighted by Gasteiger charge is -2.33. The van der Waals surface area contributed by atoms with Gasteiger partial charge < -0.3 is 9.97 Å². The van der Waals surface area contributed by atoms with Gasteiger partial charge in [0.25, 0.3) is 0 Å². The number of fused-ring (bicyclic) bond motifs is 1. The highest BCUT2D eigenvalue weighted by molar-refractivity contribution is 5.82. The summed E-state index contributed by atoms with van der Waals surface area (Å²) in [6, 6.07) is 8.68. The van der Waals surface area contributed by atoms with Crippen LogP contribution >= 0.6 is 0 Å². The van der Waals surface area contributed by atoms with Crippen LogP contribution in [0.5, 0.6) is 0 Å². The third kappa shape index (κ3) is 3.20. The molecule has 0 radical (unpaired) electrons. The molecule has 0 saturated carbocycles. The zero-order valence-electron chi connectivity index (χ0n) is 16.0. The van der Waals surface area contributed by atoms with Crippen LogP contribution in [-0.4, -0.2) is 42.9 Å². The van der Waals surface area contributed by atoms with E-state index in [4.69, 9.17) is 4.98 Å². The van der Waals surface area contributed by atoms with E-state index >= 15 is 0 Å². The fraction of sp³-hybridized carbons (Fsp3) is 0.318. The van der Waals surface area contributed by atoms with Gasteiger partial charge in [0, 0.05) is 60.4 Å². The summed E-state index contributed by atoms with van der Waals surface area (Å²) in [5, 5.41) is 1.32. The summed E-state index contributed by atoms with van der Waals surface area (Å²) in [6.07, 6.45) is 9.72. The largest absolute Gasteiger partial charge is 0.361 e.